The normalized spacial score (nSPS) is 16.3. The highest BCUT2D eigenvalue weighted by Crippen LogP contribution is 2.31. The van der Waals surface area contributed by atoms with E-state index in [9.17, 15) is 0 Å². The van der Waals surface area contributed by atoms with E-state index < -0.39 is 9.74 Å². The topological polar surface area (TPSA) is 126 Å². The quantitative estimate of drug-likeness (QED) is 0.0513. The first-order chi connectivity index (χ1) is 27.3. The molecule has 8 nitrogen and oxygen atoms in total. The molecule has 3 aromatic rings. The van der Waals surface area contributed by atoms with Crippen molar-refractivity contribution < 1.29 is 0 Å². The maximum Gasteiger partial charge on any atom is 0.102 e. The Labute approximate surface area is 374 Å². The molecule has 0 amide bonds. The fourth-order valence-corrected chi connectivity index (χ4v) is 8.44. The van der Waals surface area contributed by atoms with Crippen molar-refractivity contribution in [2.45, 2.75) is 166 Å². The molecule has 2 atom stereocenters. The third-order valence-electron chi connectivity index (χ3n) is 9.43. The summed E-state index contributed by atoms with van der Waals surface area (Å²) in [6.07, 6.45) is 14.4. The van der Waals surface area contributed by atoms with Gasteiger partial charge in [-0.15, -0.1) is 12.6 Å². The lowest BCUT2D eigenvalue weighted by Gasteiger charge is -2.29. The highest BCUT2D eigenvalue weighted by atomic mass is 32.1. The van der Waals surface area contributed by atoms with Crippen molar-refractivity contribution in [3.63, 3.8) is 0 Å². The van der Waals surface area contributed by atoms with Gasteiger partial charge >= 0.3 is 0 Å². The van der Waals surface area contributed by atoms with Gasteiger partial charge in [0.25, 0.3) is 0 Å². The SMILES string of the molecule is CC(C)(N)CC(C)(C)N=Cc1ccc(C=NC(C)(C)CC(C)(S)N=Cc2ccc(C=NC(C)(C)CC(C)(C)N=Cc3ccc(C=NC(C)(C)CC(C)(N)S)cc3)cc2)cc1. The van der Waals surface area contributed by atoms with Crippen LogP contribution in [0.5, 0.6) is 0 Å². The van der Waals surface area contributed by atoms with E-state index in [0.717, 1.165) is 46.2 Å². The van der Waals surface area contributed by atoms with E-state index in [-0.39, 0.29) is 33.2 Å². The van der Waals surface area contributed by atoms with Gasteiger partial charge in [0.05, 0.1) is 32.6 Å². The third kappa shape index (κ3) is 20.7. The Hall–Kier alpha value is -3.70. The smallest absolute Gasteiger partial charge is 0.102 e. The molecule has 0 saturated heterocycles. The molecule has 0 fully saturated rings. The molecule has 0 aliphatic heterocycles. The maximum atomic E-state index is 6.22. The molecule has 60 heavy (non-hydrogen) atoms. The second-order valence-electron chi connectivity index (χ2n) is 20.9. The summed E-state index contributed by atoms with van der Waals surface area (Å²) in [7, 11) is 0. The molecule has 0 heterocycles. The predicted octanol–water partition coefficient (Wildman–Crippen LogP) is 11.0. The van der Waals surface area contributed by atoms with Gasteiger partial charge in [-0.05, 0) is 150 Å². The van der Waals surface area contributed by atoms with Crippen LogP contribution in [-0.2, 0) is 0 Å². The second-order valence-corrected chi connectivity index (χ2v) is 22.9. The molecule has 4 N–H and O–H groups in total. The molecule has 10 heteroatoms. The second kappa shape index (κ2) is 20.0. The Bertz CT molecular complexity index is 1850. The summed E-state index contributed by atoms with van der Waals surface area (Å²) in [5, 5.41) is 0. The predicted molar refractivity (Wildman–Crippen MR) is 271 cm³/mol. The fourth-order valence-electron chi connectivity index (χ4n) is 7.61. The lowest BCUT2D eigenvalue weighted by atomic mass is 9.88. The molecular weight excluding hydrogens is 777 g/mol. The summed E-state index contributed by atoms with van der Waals surface area (Å²) in [5.41, 5.74) is 16.7. The van der Waals surface area contributed by atoms with Crippen LogP contribution in [0.1, 0.15) is 156 Å². The van der Waals surface area contributed by atoms with Gasteiger partial charge in [0, 0.05) is 49.2 Å². The van der Waals surface area contributed by atoms with Crippen LogP contribution in [-0.4, -0.2) is 80.3 Å². The number of benzene rings is 3. The van der Waals surface area contributed by atoms with Gasteiger partial charge in [-0.3, -0.25) is 30.0 Å². The van der Waals surface area contributed by atoms with Crippen LogP contribution < -0.4 is 11.5 Å². The van der Waals surface area contributed by atoms with Crippen LogP contribution in [0.25, 0.3) is 0 Å². The Balaban J connectivity index is 1.54. The monoisotopic (exact) mass is 851 g/mol. The number of rotatable bonds is 20. The largest absolute Gasteiger partial charge is 0.325 e. The van der Waals surface area contributed by atoms with Gasteiger partial charge in [0.1, 0.15) is 4.87 Å². The van der Waals surface area contributed by atoms with E-state index in [1.54, 1.807) is 0 Å². The first-order valence-corrected chi connectivity index (χ1v) is 21.8. The average Bonchev–Trinajstić information content (AvgIpc) is 3.08. The molecule has 2 unspecified atom stereocenters. The van der Waals surface area contributed by atoms with Gasteiger partial charge in [0.15, 0.2) is 0 Å². The summed E-state index contributed by atoms with van der Waals surface area (Å²) in [5.74, 6) is 0. The molecule has 0 aliphatic carbocycles. The van der Waals surface area contributed by atoms with E-state index in [0.29, 0.717) is 12.8 Å². The Morgan fingerprint density at radius 1 is 0.350 bits per heavy atom. The van der Waals surface area contributed by atoms with E-state index in [4.69, 9.17) is 54.1 Å². The van der Waals surface area contributed by atoms with Gasteiger partial charge in [0.2, 0.25) is 0 Å². The summed E-state index contributed by atoms with van der Waals surface area (Å²) in [6, 6.07) is 24.8. The lowest BCUT2D eigenvalue weighted by molar-refractivity contribution is 0.355. The molecule has 0 saturated carbocycles. The van der Waals surface area contributed by atoms with Crippen LogP contribution in [0.4, 0.5) is 0 Å². The average molecular weight is 851 g/mol. The Morgan fingerprint density at radius 2 is 0.567 bits per heavy atom. The van der Waals surface area contributed by atoms with Crippen LogP contribution in [0.3, 0.4) is 0 Å². The van der Waals surface area contributed by atoms with Crippen LogP contribution in [0, 0.1) is 0 Å². The van der Waals surface area contributed by atoms with Gasteiger partial charge in [-0.25, -0.2) is 0 Å². The van der Waals surface area contributed by atoms with Crippen LogP contribution in [0.15, 0.2) is 103 Å². The molecule has 326 valence electrons. The van der Waals surface area contributed by atoms with Crippen molar-refractivity contribution in [1.29, 1.82) is 0 Å². The highest BCUT2D eigenvalue weighted by molar-refractivity contribution is 7.81. The molecule has 0 radical (unpaired) electrons. The molecular formula is C50H74N8S2. The van der Waals surface area contributed by atoms with Gasteiger partial charge < -0.3 is 11.5 Å². The molecule has 0 aliphatic rings. The third-order valence-corrected chi connectivity index (χ3v) is 9.86. The minimum Gasteiger partial charge on any atom is -0.325 e. The zero-order valence-corrected chi connectivity index (χ0v) is 40.7. The standard InChI is InChI=1S/C50H74N8S2/c1-43(2,51)33-44(3,4)53-27-37-15-21-41(22-16-37)31-57-48(11,12)36-50(14,60)58-32-42-25-23-39(24-26-42)29-55-46(7,8)34-45(5,6)54-28-38-17-19-40(20-18-38)30-56-47(9,10)35-49(13,52)59/h15-32,59-60H,33-36,51-52H2,1-14H3. The molecule has 0 spiro atoms. The maximum absolute atomic E-state index is 6.22. The van der Waals surface area contributed by atoms with Crippen molar-refractivity contribution in [2.75, 3.05) is 0 Å². The summed E-state index contributed by atoms with van der Waals surface area (Å²) in [6.45, 7) is 29.2. The zero-order valence-electron chi connectivity index (χ0n) is 39.0. The van der Waals surface area contributed by atoms with Crippen LogP contribution >= 0.6 is 25.3 Å². The van der Waals surface area contributed by atoms with Gasteiger partial charge in [-0.2, -0.15) is 12.6 Å². The van der Waals surface area contributed by atoms with Crippen molar-refractivity contribution in [3.8, 4) is 0 Å². The molecule has 3 rings (SSSR count). The number of thiol groups is 2. The molecule has 0 bridgehead atoms. The number of hydrogen-bond donors (Lipinski definition) is 4. The molecule has 3 aromatic carbocycles. The minimum absolute atomic E-state index is 0.233. The number of aliphatic imine (C=N–C) groups is 6. The first-order valence-electron chi connectivity index (χ1n) is 20.9. The van der Waals surface area contributed by atoms with Gasteiger partial charge in [-0.1, -0.05) is 72.8 Å². The summed E-state index contributed by atoms with van der Waals surface area (Å²) < 4.78 is 0. The zero-order chi connectivity index (χ0) is 45.3. The van der Waals surface area contributed by atoms with Crippen molar-refractivity contribution in [3.05, 3.63) is 106 Å². The van der Waals surface area contributed by atoms with Crippen molar-refractivity contribution in [2.24, 2.45) is 41.4 Å². The van der Waals surface area contributed by atoms with Crippen molar-refractivity contribution >= 4 is 62.5 Å². The van der Waals surface area contributed by atoms with E-state index >= 15 is 0 Å². The Morgan fingerprint density at radius 3 is 0.817 bits per heavy atom. The number of hydrogen-bond acceptors (Lipinski definition) is 10. The highest BCUT2D eigenvalue weighted by Gasteiger charge is 2.29. The van der Waals surface area contributed by atoms with E-state index in [1.807, 2.05) is 65.0 Å². The first kappa shape index (κ1) is 50.7. The Kier molecular flexibility index (Phi) is 16.9. The fraction of sp³-hybridized carbons (Fsp3) is 0.520. The van der Waals surface area contributed by atoms with Crippen LogP contribution in [0.2, 0.25) is 0 Å². The number of nitrogens with two attached hydrogens (primary N) is 2. The van der Waals surface area contributed by atoms with E-state index in [2.05, 4.69) is 155 Å². The molecule has 0 aromatic heterocycles. The lowest BCUT2D eigenvalue weighted by Crippen LogP contribution is -2.39. The minimum atomic E-state index is -0.610. The number of nitrogens with zero attached hydrogens (tertiary/aromatic N) is 6. The summed E-state index contributed by atoms with van der Waals surface area (Å²) >= 11 is 9.39. The summed E-state index contributed by atoms with van der Waals surface area (Å²) in [4.78, 5) is 28.0. The van der Waals surface area contributed by atoms with Crippen molar-refractivity contribution in [1.82, 2.24) is 0 Å². The van der Waals surface area contributed by atoms with E-state index in [1.165, 1.54) is 0 Å².